The maximum atomic E-state index is 14.6. The molecular formula is C18H18F3N5S. The fraction of sp³-hybridized carbons (Fsp3) is 0.389. The highest BCUT2D eigenvalue weighted by atomic mass is 32.1. The normalized spacial score (nSPS) is 15.4. The number of halogens is 3. The Balaban J connectivity index is 1.56. The third-order valence-electron chi connectivity index (χ3n) is 4.65. The molecule has 0 saturated carbocycles. The number of aryl methyl sites for hydroxylation is 1. The van der Waals surface area contributed by atoms with E-state index < -0.39 is 11.6 Å². The molecule has 1 aliphatic rings. The molecule has 1 aliphatic heterocycles. The van der Waals surface area contributed by atoms with Crippen molar-refractivity contribution in [2.75, 3.05) is 36.0 Å². The Morgan fingerprint density at radius 2 is 1.81 bits per heavy atom. The second kappa shape index (κ2) is 7.30. The highest BCUT2D eigenvalue weighted by Crippen LogP contribution is 2.32. The first-order valence-electron chi connectivity index (χ1n) is 8.81. The summed E-state index contributed by atoms with van der Waals surface area (Å²) in [5.74, 6) is -1.31. The lowest BCUT2D eigenvalue weighted by molar-refractivity contribution is 0.584. The summed E-state index contributed by atoms with van der Waals surface area (Å²) in [7, 11) is 0. The number of fused-ring (bicyclic) bond motifs is 1. The first-order valence-corrected chi connectivity index (χ1v) is 9.63. The number of hydrogen-bond acceptors (Lipinski definition) is 6. The SMILES string of the molecule is CCc1ncnc(N2CCCN(c3nc4c(F)cc(F)cc4s3)CC2)c1F. The van der Waals surface area contributed by atoms with Gasteiger partial charge in [-0.2, -0.15) is 0 Å². The molecule has 1 saturated heterocycles. The van der Waals surface area contributed by atoms with Gasteiger partial charge in [-0.1, -0.05) is 18.3 Å². The van der Waals surface area contributed by atoms with Gasteiger partial charge in [0.25, 0.3) is 0 Å². The second-order valence-electron chi connectivity index (χ2n) is 6.37. The minimum absolute atomic E-state index is 0.187. The van der Waals surface area contributed by atoms with Crippen LogP contribution in [0.2, 0.25) is 0 Å². The van der Waals surface area contributed by atoms with Crippen LogP contribution in [0.3, 0.4) is 0 Å². The van der Waals surface area contributed by atoms with Crippen LogP contribution in [0.25, 0.3) is 10.2 Å². The van der Waals surface area contributed by atoms with Gasteiger partial charge in [0.05, 0.1) is 10.4 Å². The minimum Gasteiger partial charge on any atom is -0.352 e. The lowest BCUT2D eigenvalue weighted by Crippen LogP contribution is -2.32. The van der Waals surface area contributed by atoms with Gasteiger partial charge in [-0.15, -0.1) is 0 Å². The predicted octanol–water partition coefficient (Wildman–Crippen LogP) is 3.78. The molecule has 0 bridgehead atoms. The monoisotopic (exact) mass is 393 g/mol. The van der Waals surface area contributed by atoms with Crippen LogP contribution in [-0.2, 0) is 6.42 Å². The van der Waals surface area contributed by atoms with Crippen LogP contribution >= 0.6 is 11.3 Å². The Labute approximate surface area is 158 Å². The summed E-state index contributed by atoms with van der Waals surface area (Å²) in [6, 6.07) is 2.14. The van der Waals surface area contributed by atoms with Gasteiger partial charge in [-0.3, -0.25) is 0 Å². The number of rotatable bonds is 3. The second-order valence-corrected chi connectivity index (χ2v) is 7.38. The van der Waals surface area contributed by atoms with Crippen molar-refractivity contribution < 1.29 is 13.2 Å². The number of thiazole rings is 1. The van der Waals surface area contributed by atoms with E-state index in [0.29, 0.717) is 53.9 Å². The predicted molar refractivity (Wildman–Crippen MR) is 99.9 cm³/mol. The molecule has 9 heteroatoms. The third-order valence-corrected chi connectivity index (χ3v) is 5.71. The molecule has 2 aromatic heterocycles. The number of nitrogens with zero attached hydrogens (tertiary/aromatic N) is 5. The van der Waals surface area contributed by atoms with Crippen LogP contribution in [0, 0.1) is 17.5 Å². The Hall–Kier alpha value is -2.42. The summed E-state index contributed by atoms with van der Waals surface area (Å²) >= 11 is 1.26. The summed E-state index contributed by atoms with van der Waals surface area (Å²) in [4.78, 5) is 16.4. The molecule has 0 radical (unpaired) electrons. The molecule has 3 aromatic rings. The van der Waals surface area contributed by atoms with E-state index in [-0.39, 0.29) is 11.3 Å². The van der Waals surface area contributed by atoms with Crippen LogP contribution in [0.1, 0.15) is 19.0 Å². The van der Waals surface area contributed by atoms with Gasteiger partial charge in [0.2, 0.25) is 0 Å². The van der Waals surface area contributed by atoms with Crippen LogP contribution < -0.4 is 9.80 Å². The molecule has 0 unspecified atom stereocenters. The molecule has 4 rings (SSSR count). The zero-order valence-corrected chi connectivity index (χ0v) is 15.6. The van der Waals surface area contributed by atoms with Gasteiger partial charge in [0.15, 0.2) is 22.6 Å². The van der Waals surface area contributed by atoms with E-state index in [4.69, 9.17) is 0 Å². The standard InChI is InChI=1S/C18H18F3N5S/c1-2-13-15(21)17(23-10-22-13)25-4-3-5-26(7-6-25)18-24-16-12(20)8-11(19)9-14(16)27-18/h8-10H,2-7H2,1H3. The van der Waals surface area contributed by atoms with E-state index in [2.05, 4.69) is 15.0 Å². The van der Waals surface area contributed by atoms with E-state index >= 15 is 0 Å². The molecule has 0 atom stereocenters. The van der Waals surface area contributed by atoms with Crippen LogP contribution in [0.15, 0.2) is 18.5 Å². The summed E-state index contributed by atoms with van der Waals surface area (Å²) < 4.78 is 42.4. The molecule has 1 aromatic carbocycles. The largest absolute Gasteiger partial charge is 0.352 e. The number of aromatic nitrogens is 3. The molecule has 142 valence electrons. The molecule has 0 N–H and O–H groups in total. The zero-order chi connectivity index (χ0) is 19.0. The molecule has 1 fully saturated rings. The zero-order valence-electron chi connectivity index (χ0n) is 14.8. The number of benzene rings is 1. The van der Waals surface area contributed by atoms with E-state index in [1.54, 1.807) is 0 Å². The smallest absolute Gasteiger partial charge is 0.187 e. The average Bonchev–Trinajstić information content (AvgIpc) is 2.92. The van der Waals surface area contributed by atoms with Crippen LogP contribution in [0.4, 0.5) is 24.1 Å². The fourth-order valence-electron chi connectivity index (χ4n) is 3.26. The quantitative estimate of drug-likeness (QED) is 0.678. The summed E-state index contributed by atoms with van der Waals surface area (Å²) in [5.41, 5.74) is 0.594. The van der Waals surface area contributed by atoms with Crippen LogP contribution in [-0.4, -0.2) is 41.1 Å². The van der Waals surface area contributed by atoms with Gasteiger partial charge in [-0.25, -0.2) is 28.1 Å². The first-order chi connectivity index (χ1) is 13.1. The molecular weight excluding hydrogens is 375 g/mol. The van der Waals surface area contributed by atoms with E-state index in [1.807, 2.05) is 16.7 Å². The van der Waals surface area contributed by atoms with Gasteiger partial charge in [0, 0.05) is 32.2 Å². The van der Waals surface area contributed by atoms with Crippen molar-refractivity contribution in [3.63, 3.8) is 0 Å². The van der Waals surface area contributed by atoms with E-state index in [0.717, 1.165) is 12.5 Å². The topological polar surface area (TPSA) is 45.2 Å². The Kier molecular flexibility index (Phi) is 4.86. The Morgan fingerprint density at radius 3 is 2.63 bits per heavy atom. The van der Waals surface area contributed by atoms with Crippen molar-refractivity contribution >= 4 is 32.5 Å². The van der Waals surface area contributed by atoms with Crippen molar-refractivity contribution in [3.05, 3.63) is 41.6 Å². The third kappa shape index (κ3) is 3.43. The lowest BCUT2D eigenvalue weighted by Gasteiger charge is -2.23. The summed E-state index contributed by atoms with van der Waals surface area (Å²) in [6.45, 7) is 4.36. The lowest BCUT2D eigenvalue weighted by atomic mass is 10.3. The van der Waals surface area contributed by atoms with E-state index in [1.165, 1.54) is 23.7 Å². The van der Waals surface area contributed by atoms with Gasteiger partial charge in [0.1, 0.15) is 17.7 Å². The molecule has 27 heavy (non-hydrogen) atoms. The minimum atomic E-state index is -0.654. The van der Waals surface area contributed by atoms with Gasteiger partial charge < -0.3 is 9.80 Å². The number of hydrogen-bond donors (Lipinski definition) is 0. The van der Waals surface area contributed by atoms with Crippen molar-refractivity contribution in [1.29, 1.82) is 0 Å². The van der Waals surface area contributed by atoms with Crippen molar-refractivity contribution in [2.45, 2.75) is 19.8 Å². The molecule has 3 heterocycles. The van der Waals surface area contributed by atoms with E-state index in [9.17, 15) is 13.2 Å². The summed E-state index contributed by atoms with van der Waals surface area (Å²) in [6.07, 6.45) is 2.68. The fourth-order valence-corrected chi connectivity index (χ4v) is 4.32. The first kappa shape index (κ1) is 18.0. The Morgan fingerprint density at radius 1 is 1.04 bits per heavy atom. The maximum Gasteiger partial charge on any atom is 0.187 e. The molecule has 0 spiro atoms. The highest BCUT2D eigenvalue weighted by Gasteiger charge is 2.22. The maximum absolute atomic E-state index is 14.6. The number of anilines is 2. The summed E-state index contributed by atoms with van der Waals surface area (Å²) in [5, 5.41) is 0.647. The van der Waals surface area contributed by atoms with Crippen LogP contribution in [0.5, 0.6) is 0 Å². The Bertz CT molecular complexity index is 977. The highest BCUT2D eigenvalue weighted by molar-refractivity contribution is 7.22. The molecule has 0 aliphatic carbocycles. The van der Waals surface area contributed by atoms with Crippen molar-refractivity contribution in [1.82, 2.24) is 15.0 Å². The average molecular weight is 393 g/mol. The van der Waals surface area contributed by atoms with Gasteiger partial charge >= 0.3 is 0 Å². The van der Waals surface area contributed by atoms with Crippen molar-refractivity contribution in [3.8, 4) is 0 Å². The molecule has 0 amide bonds. The van der Waals surface area contributed by atoms with Gasteiger partial charge in [-0.05, 0) is 18.9 Å². The van der Waals surface area contributed by atoms with Crippen molar-refractivity contribution in [2.24, 2.45) is 0 Å². The molecule has 5 nitrogen and oxygen atoms in total.